The van der Waals surface area contributed by atoms with Crippen molar-refractivity contribution < 1.29 is 13.2 Å². The molecule has 7 heteroatoms. The summed E-state index contributed by atoms with van der Waals surface area (Å²) in [5.74, 6) is 0. The summed E-state index contributed by atoms with van der Waals surface area (Å²) in [6.45, 7) is 0.202. The molecular formula is C15H15ClF3N3. The van der Waals surface area contributed by atoms with Crippen molar-refractivity contribution in [2.75, 3.05) is 0 Å². The summed E-state index contributed by atoms with van der Waals surface area (Å²) < 4.78 is 41.1. The van der Waals surface area contributed by atoms with Crippen molar-refractivity contribution in [1.82, 2.24) is 14.8 Å². The van der Waals surface area contributed by atoms with E-state index < -0.39 is 12.1 Å². The molecule has 2 aromatic heterocycles. The maximum absolute atomic E-state index is 14.4. The van der Waals surface area contributed by atoms with Crippen LogP contribution < -0.4 is 0 Å². The van der Waals surface area contributed by atoms with Crippen LogP contribution in [0.25, 0.3) is 11.1 Å². The van der Waals surface area contributed by atoms with E-state index in [9.17, 15) is 13.2 Å². The van der Waals surface area contributed by atoms with Crippen LogP contribution >= 0.6 is 11.6 Å². The third-order valence-electron chi connectivity index (χ3n) is 3.98. The lowest BCUT2D eigenvalue weighted by Crippen LogP contribution is -2.25. The first-order chi connectivity index (χ1) is 10.5. The Hall–Kier alpha value is -1.56. The van der Waals surface area contributed by atoms with Gasteiger partial charge in [-0.1, -0.05) is 24.4 Å². The Bertz CT molecular complexity index is 666. The van der Waals surface area contributed by atoms with Crippen LogP contribution in [0.2, 0.25) is 5.15 Å². The Morgan fingerprint density at radius 1 is 1.27 bits per heavy atom. The van der Waals surface area contributed by atoms with E-state index in [1.54, 1.807) is 12.4 Å². The van der Waals surface area contributed by atoms with Crippen LogP contribution in [0.3, 0.4) is 0 Å². The van der Waals surface area contributed by atoms with Gasteiger partial charge in [0.15, 0.2) is 0 Å². The van der Waals surface area contributed by atoms with Crippen molar-refractivity contribution in [3.05, 3.63) is 35.4 Å². The molecule has 1 fully saturated rings. The van der Waals surface area contributed by atoms with E-state index in [2.05, 4.69) is 10.1 Å². The minimum atomic E-state index is -2.66. The zero-order valence-corrected chi connectivity index (χ0v) is 12.5. The fourth-order valence-electron chi connectivity index (χ4n) is 2.83. The van der Waals surface area contributed by atoms with E-state index in [1.807, 2.05) is 0 Å². The lowest BCUT2D eigenvalue weighted by Gasteiger charge is -2.18. The molecule has 2 heterocycles. The smallest absolute Gasteiger partial charge is 0.269 e. The normalized spacial score (nSPS) is 17.3. The molecule has 0 aliphatic heterocycles. The summed E-state index contributed by atoms with van der Waals surface area (Å²) in [5.41, 5.74) is -0.420. The molecule has 0 radical (unpaired) electrons. The third kappa shape index (κ3) is 3.11. The Morgan fingerprint density at radius 3 is 2.64 bits per heavy atom. The number of alkyl halides is 3. The fraction of sp³-hybridized carbons (Fsp3) is 0.467. The van der Waals surface area contributed by atoms with Gasteiger partial charge in [-0.15, -0.1) is 0 Å². The van der Waals surface area contributed by atoms with Gasteiger partial charge in [0.2, 0.25) is 0 Å². The summed E-state index contributed by atoms with van der Waals surface area (Å²) in [6.07, 6.45) is 3.45. The van der Waals surface area contributed by atoms with Crippen LogP contribution in [-0.4, -0.2) is 20.4 Å². The molecule has 22 heavy (non-hydrogen) atoms. The average Bonchev–Trinajstić information content (AvgIpc) is 3.08. The molecule has 2 aromatic rings. The fourth-order valence-corrected chi connectivity index (χ4v) is 3.10. The number of pyridine rings is 1. The van der Waals surface area contributed by atoms with Gasteiger partial charge in [-0.3, -0.25) is 4.68 Å². The quantitative estimate of drug-likeness (QED) is 0.753. The van der Waals surface area contributed by atoms with Gasteiger partial charge in [-0.25, -0.2) is 18.2 Å². The highest BCUT2D eigenvalue weighted by Crippen LogP contribution is 2.35. The molecule has 3 nitrogen and oxygen atoms in total. The number of rotatable bonds is 4. The second-order valence-electron chi connectivity index (χ2n) is 5.66. The molecule has 118 valence electrons. The summed E-state index contributed by atoms with van der Waals surface area (Å²) in [5, 5.41) is 4.14. The standard InChI is InChI=1S/C15H15ClF3N3/c16-13-11(3-4-12(21-13)14(17)18)10-7-20-22(8-10)9-15(19)5-1-2-6-15/h3-4,7-8,14H,1-2,5-6,9H2. The summed E-state index contributed by atoms with van der Waals surface area (Å²) >= 11 is 5.96. The monoisotopic (exact) mass is 329 g/mol. The van der Waals surface area contributed by atoms with Gasteiger partial charge in [-0.2, -0.15) is 5.10 Å². The topological polar surface area (TPSA) is 30.7 Å². The second-order valence-corrected chi connectivity index (χ2v) is 6.02. The largest absolute Gasteiger partial charge is 0.280 e. The van der Waals surface area contributed by atoms with Crippen molar-refractivity contribution in [1.29, 1.82) is 0 Å². The molecule has 1 aliphatic rings. The first kappa shape index (κ1) is 15.3. The van der Waals surface area contributed by atoms with Gasteiger partial charge in [0.1, 0.15) is 16.5 Å². The van der Waals surface area contributed by atoms with Crippen LogP contribution in [-0.2, 0) is 6.54 Å². The van der Waals surface area contributed by atoms with Crippen LogP contribution in [0, 0.1) is 0 Å². The molecule has 1 saturated carbocycles. The van der Waals surface area contributed by atoms with E-state index in [4.69, 9.17) is 11.6 Å². The molecular weight excluding hydrogens is 315 g/mol. The summed E-state index contributed by atoms with van der Waals surface area (Å²) in [4.78, 5) is 3.68. The molecule has 0 saturated heterocycles. The minimum absolute atomic E-state index is 0.00632. The molecule has 0 aromatic carbocycles. The number of hydrogen-bond donors (Lipinski definition) is 0. The summed E-state index contributed by atoms with van der Waals surface area (Å²) in [7, 11) is 0. The highest BCUT2D eigenvalue weighted by molar-refractivity contribution is 6.32. The van der Waals surface area contributed by atoms with Crippen molar-refractivity contribution >= 4 is 11.6 Å². The van der Waals surface area contributed by atoms with E-state index in [-0.39, 0.29) is 17.4 Å². The van der Waals surface area contributed by atoms with Gasteiger partial charge in [0.25, 0.3) is 6.43 Å². The molecule has 0 spiro atoms. The van der Waals surface area contributed by atoms with Crippen molar-refractivity contribution in [3.63, 3.8) is 0 Å². The predicted molar refractivity (Wildman–Crippen MR) is 77.7 cm³/mol. The Kier molecular flexibility index (Phi) is 4.12. The van der Waals surface area contributed by atoms with Crippen molar-refractivity contribution in [2.45, 2.75) is 44.3 Å². The Morgan fingerprint density at radius 2 is 2.00 bits per heavy atom. The van der Waals surface area contributed by atoms with Gasteiger partial charge < -0.3 is 0 Å². The molecule has 0 amide bonds. The highest BCUT2D eigenvalue weighted by atomic mass is 35.5. The second kappa shape index (κ2) is 5.91. The lowest BCUT2D eigenvalue weighted by molar-refractivity contribution is 0.139. The molecule has 0 bridgehead atoms. The predicted octanol–water partition coefficient (Wildman–Crippen LogP) is 4.82. The molecule has 1 aliphatic carbocycles. The number of halogens is 4. The maximum atomic E-state index is 14.4. The number of aromatic nitrogens is 3. The molecule has 0 atom stereocenters. The van der Waals surface area contributed by atoms with Crippen LogP contribution in [0.4, 0.5) is 13.2 Å². The Balaban J connectivity index is 1.81. The van der Waals surface area contributed by atoms with E-state index in [0.717, 1.165) is 12.8 Å². The highest BCUT2D eigenvalue weighted by Gasteiger charge is 2.34. The summed E-state index contributed by atoms with van der Waals surface area (Å²) in [6, 6.07) is 2.72. The van der Waals surface area contributed by atoms with Gasteiger partial charge in [0.05, 0.1) is 12.7 Å². The van der Waals surface area contributed by atoms with Crippen molar-refractivity contribution in [2.24, 2.45) is 0 Å². The third-order valence-corrected chi connectivity index (χ3v) is 4.27. The average molecular weight is 330 g/mol. The van der Waals surface area contributed by atoms with Gasteiger partial charge in [-0.05, 0) is 25.0 Å². The zero-order valence-electron chi connectivity index (χ0n) is 11.8. The first-order valence-electron chi connectivity index (χ1n) is 7.13. The van der Waals surface area contributed by atoms with Gasteiger partial charge >= 0.3 is 0 Å². The van der Waals surface area contributed by atoms with Crippen LogP contribution in [0.1, 0.15) is 37.8 Å². The van der Waals surface area contributed by atoms with Crippen LogP contribution in [0.15, 0.2) is 24.5 Å². The maximum Gasteiger partial charge on any atom is 0.280 e. The van der Waals surface area contributed by atoms with Crippen molar-refractivity contribution in [3.8, 4) is 11.1 Å². The van der Waals surface area contributed by atoms with E-state index in [1.165, 1.54) is 16.8 Å². The Labute approximate surface area is 131 Å². The number of hydrogen-bond acceptors (Lipinski definition) is 2. The number of nitrogens with zero attached hydrogens (tertiary/aromatic N) is 3. The van der Waals surface area contributed by atoms with E-state index >= 15 is 0 Å². The molecule has 0 unspecified atom stereocenters. The molecule has 3 rings (SSSR count). The minimum Gasteiger partial charge on any atom is -0.269 e. The lowest BCUT2D eigenvalue weighted by atomic mass is 10.1. The van der Waals surface area contributed by atoms with E-state index in [0.29, 0.717) is 24.0 Å². The van der Waals surface area contributed by atoms with Crippen LogP contribution in [0.5, 0.6) is 0 Å². The molecule has 0 N–H and O–H groups in total. The zero-order chi connectivity index (χ0) is 15.7. The first-order valence-corrected chi connectivity index (χ1v) is 7.51. The SMILES string of the molecule is FC(F)c1ccc(-c2cnn(CC3(F)CCCC3)c2)c(Cl)n1. The van der Waals surface area contributed by atoms with Gasteiger partial charge in [0, 0.05) is 17.3 Å².